The van der Waals surface area contributed by atoms with E-state index in [1.807, 2.05) is 24.3 Å². The Labute approximate surface area is 173 Å². The summed E-state index contributed by atoms with van der Waals surface area (Å²) in [5.41, 5.74) is 2.78. The lowest BCUT2D eigenvalue weighted by atomic mass is 9.87. The second-order valence-corrected chi connectivity index (χ2v) is 8.43. The minimum atomic E-state index is -0.112. The highest BCUT2D eigenvalue weighted by atomic mass is 16.5. The van der Waals surface area contributed by atoms with Crippen LogP contribution in [0.2, 0.25) is 0 Å². The molecule has 0 aromatic heterocycles. The molecule has 0 saturated carbocycles. The largest absolute Gasteiger partial charge is 0.496 e. The number of amides is 1. The van der Waals surface area contributed by atoms with Crippen molar-refractivity contribution in [1.29, 1.82) is 0 Å². The molecular weight excluding hydrogens is 366 g/mol. The topological polar surface area (TPSA) is 56.8 Å². The molecule has 1 saturated heterocycles. The normalized spacial score (nSPS) is 16.5. The van der Waals surface area contributed by atoms with Crippen LogP contribution in [-0.4, -0.2) is 32.3 Å². The zero-order valence-electron chi connectivity index (χ0n) is 17.8. The fourth-order valence-corrected chi connectivity index (χ4v) is 3.36. The first-order chi connectivity index (χ1) is 13.9. The maximum Gasteiger partial charge on any atom is 0.251 e. The van der Waals surface area contributed by atoms with Crippen molar-refractivity contribution in [3.05, 3.63) is 59.2 Å². The van der Waals surface area contributed by atoms with Crippen molar-refractivity contribution < 1.29 is 19.0 Å². The molecule has 1 aliphatic rings. The molecule has 0 radical (unpaired) electrons. The van der Waals surface area contributed by atoms with E-state index in [1.165, 1.54) is 5.56 Å². The molecule has 0 unspecified atom stereocenters. The van der Waals surface area contributed by atoms with Crippen LogP contribution in [0.3, 0.4) is 0 Å². The summed E-state index contributed by atoms with van der Waals surface area (Å²) in [5.74, 6) is 1.37. The average molecular weight is 398 g/mol. The number of carbonyl (C=O) groups is 1. The first kappa shape index (κ1) is 21.2. The van der Waals surface area contributed by atoms with Gasteiger partial charge in [-0.25, -0.2) is 0 Å². The molecule has 1 N–H and O–H groups in total. The maximum atomic E-state index is 12.5. The van der Waals surface area contributed by atoms with E-state index in [9.17, 15) is 4.79 Å². The van der Waals surface area contributed by atoms with Gasteiger partial charge in [0.2, 0.25) is 0 Å². The summed E-state index contributed by atoms with van der Waals surface area (Å²) in [5, 5.41) is 2.95. The van der Waals surface area contributed by atoms with Gasteiger partial charge in [-0.3, -0.25) is 4.79 Å². The van der Waals surface area contributed by atoms with Crippen LogP contribution in [0.4, 0.5) is 0 Å². The molecule has 5 heteroatoms. The summed E-state index contributed by atoms with van der Waals surface area (Å²) in [6.45, 7) is 8.19. The van der Waals surface area contributed by atoms with E-state index < -0.39 is 0 Å². The number of rotatable bonds is 7. The van der Waals surface area contributed by atoms with Crippen molar-refractivity contribution in [2.75, 3.05) is 20.3 Å². The van der Waals surface area contributed by atoms with Gasteiger partial charge in [0.15, 0.2) is 0 Å². The second kappa shape index (κ2) is 9.31. The lowest BCUT2D eigenvalue weighted by molar-refractivity contribution is 0.0857. The van der Waals surface area contributed by atoms with E-state index in [0.29, 0.717) is 24.5 Å². The third kappa shape index (κ3) is 5.73. The Kier molecular flexibility index (Phi) is 6.80. The zero-order chi connectivity index (χ0) is 20.9. The quantitative estimate of drug-likeness (QED) is 0.748. The molecule has 29 heavy (non-hydrogen) atoms. The van der Waals surface area contributed by atoms with E-state index >= 15 is 0 Å². The zero-order valence-corrected chi connectivity index (χ0v) is 17.8. The summed E-state index contributed by atoms with van der Waals surface area (Å²) < 4.78 is 16.9. The summed E-state index contributed by atoms with van der Waals surface area (Å²) >= 11 is 0. The average Bonchev–Trinajstić information content (AvgIpc) is 3.23. The Balaban J connectivity index is 1.64. The first-order valence-electron chi connectivity index (χ1n) is 10.2. The molecule has 1 fully saturated rings. The van der Waals surface area contributed by atoms with Gasteiger partial charge in [0.05, 0.1) is 13.2 Å². The Bertz CT molecular complexity index is 818. The molecular formula is C24H31NO4. The van der Waals surface area contributed by atoms with Gasteiger partial charge in [-0.05, 0) is 54.2 Å². The maximum absolute atomic E-state index is 12.5. The van der Waals surface area contributed by atoms with Crippen LogP contribution < -0.4 is 14.8 Å². The highest BCUT2D eigenvalue weighted by molar-refractivity contribution is 5.94. The van der Waals surface area contributed by atoms with E-state index in [4.69, 9.17) is 14.2 Å². The number of nitrogens with one attached hydrogen (secondary N) is 1. The minimum absolute atomic E-state index is 0.104. The predicted molar refractivity (Wildman–Crippen MR) is 114 cm³/mol. The van der Waals surface area contributed by atoms with Crippen molar-refractivity contribution in [2.24, 2.45) is 0 Å². The van der Waals surface area contributed by atoms with Crippen LogP contribution in [-0.2, 0) is 16.8 Å². The molecule has 2 aromatic carbocycles. The third-order valence-electron chi connectivity index (χ3n) is 5.17. The SMILES string of the molecule is COc1ccc(C(=O)NC[C@@H]2CCCO2)cc1COc1ccc(C(C)(C)C)cc1. The number of ether oxygens (including phenoxy) is 3. The monoisotopic (exact) mass is 397 g/mol. The fourth-order valence-electron chi connectivity index (χ4n) is 3.36. The number of benzene rings is 2. The van der Waals surface area contributed by atoms with Crippen LogP contribution in [0.15, 0.2) is 42.5 Å². The number of hydrogen-bond acceptors (Lipinski definition) is 4. The van der Waals surface area contributed by atoms with Gasteiger partial charge in [0.1, 0.15) is 18.1 Å². The van der Waals surface area contributed by atoms with Crippen molar-refractivity contribution >= 4 is 5.91 Å². The number of carbonyl (C=O) groups excluding carboxylic acids is 1. The standard InChI is InChI=1S/C24H31NO4/c1-24(2,3)19-8-10-20(11-9-19)29-16-18-14-17(7-12-22(18)27-4)23(26)25-15-21-6-5-13-28-21/h7-12,14,21H,5-6,13,15-16H2,1-4H3,(H,25,26)/t21-/m0/s1. The predicted octanol–water partition coefficient (Wildman–Crippen LogP) is 4.48. The van der Waals surface area contributed by atoms with Gasteiger partial charge in [-0.2, -0.15) is 0 Å². The van der Waals surface area contributed by atoms with Crippen molar-refractivity contribution in [3.8, 4) is 11.5 Å². The summed E-state index contributed by atoms with van der Waals surface area (Å²) in [6.07, 6.45) is 2.17. The van der Waals surface area contributed by atoms with E-state index in [1.54, 1.807) is 13.2 Å². The summed E-state index contributed by atoms with van der Waals surface area (Å²) in [6, 6.07) is 13.5. The van der Waals surface area contributed by atoms with Gasteiger partial charge in [-0.15, -0.1) is 0 Å². The fraction of sp³-hybridized carbons (Fsp3) is 0.458. The molecule has 0 aliphatic carbocycles. The second-order valence-electron chi connectivity index (χ2n) is 8.43. The van der Waals surface area contributed by atoms with Crippen LogP contribution in [0, 0.1) is 0 Å². The van der Waals surface area contributed by atoms with Crippen molar-refractivity contribution in [3.63, 3.8) is 0 Å². The molecule has 1 aliphatic heterocycles. The van der Waals surface area contributed by atoms with Gasteiger partial charge in [-0.1, -0.05) is 32.9 Å². The van der Waals surface area contributed by atoms with E-state index in [-0.39, 0.29) is 17.4 Å². The highest BCUT2D eigenvalue weighted by Gasteiger charge is 2.18. The number of methoxy groups -OCH3 is 1. The van der Waals surface area contributed by atoms with Gasteiger partial charge >= 0.3 is 0 Å². The molecule has 0 bridgehead atoms. The third-order valence-corrected chi connectivity index (χ3v) is 5.17. The van der Waals surface area contributed by atoms with Gasteiger partial charge < -0.3 is 19.5 Å². The van der Waals surface area contributed by atoms with E-state index in [0.717, 1.165) is 30.8 Å². The lowest BCUT2D eigenvalue weighted by Crippen LogP contribution is -2.31. The molecule has 3 rings (SSSR count). The molecule has 1 amide bonds. The van der Waals surface area contributed by atoms with Crippen molar-refractivity contribution in [1.82, 2.24) is 5.32 Å². The lowest BCUT2D eigenvalue weighted by Gasteiger charge is -2.19. The van der Waals surface area contributed by atoms with Crippen LogP contribution in [0.1, 0.15) is 55.1 Å². The van der Waals surface area contributed by atoms with Gasteiger partial charge in [0.25, 0.3) is 5.91 Å². The molecule has 156 valence electrons. The minimum Gasteiger partial charge on any atom is -0.496 e. The first-order valence-corrected chi connectivity index (χ1v) is 10.2. The smallest absolute Gasteiger partial charge is 0.251 e. The van der Waals surface area contributed by atoms with Crippen LogP contribution >= 0.6 is 0 Å². The molecule has 0 spiro atoms. The molecule has 1 heterocycles. The van der Waals surface area contributed by atoms with Crippen LogP contribution in [0.25, 0.3) is 0 Å². The number of hydrogen-bond donors (Lipinski definition) is 1. The highest BCUT2D eigenvalue weighted by Crippen LogP contribution is 2.26. The molecule has 1 atom stereocenters. The van der Waals surface area contributed by atoms with Crippen LogP contribution in [0.5, 0.6) is 11.5 Å². The summed E-state index contributed by atoms with van der Waals surface area (Å²) in [4.78, 5) is 12.5. The van der Waals surface area contributed by atoms with Crippen molar-refractivity contribution in [2.45, 2.75) is 51.7 Å². The van der Waals surface area contributed by atoms with Gasteiger partial charge in [0, 0.05) is 24.3 Å². The Morgan fingerprint density at radius 1 is 1.17 bits per heavy atom. The molecule has 5 nitrogen and oxygen atoms in total. The Morgan fingerprint density at radius 2 is 1.93 bits per heavy atom. The molecule has 2 aromatic rings. The summed E-state index contributed by atoms with van der Waals surface area (Å²) in [7, 11) is 1.62. The Hall–Kier alpha value is -2.53. The van der Waals surface area contributed by atoms with E-state index in [2.05, 4.69) is 38.2 Å². The Morgan fingerprint density at radius 3 is 2.55 bits per heavy atom.